The van der Waals surface area contributed by atoms with Gasteiger partial charge in [0.25, 0.3) is 0 Å². The van der Waals surface area contributed by atoms with Crippen molar-refractivity contribution in [2.75, 3.05) is 0 Å². The van der Waals surface area contributed by atoms with Gasteiger partial charge in [0.15, 0.2) is 0 Å². The molecule has 0 radical (unpaired) electrons. The highest BCUT2D eigenvalue weighted by molar-refractivity contribution is 5.25. The molecule has 0 saturated heterocycles. The molecule has 12 heavy (non-hydrogen) atoms. The molecule has 0 aromatic heterocycles. The molecule has 0 aliphatic rings. The molecule has 1 atom stereocenters. The van der Waals surface area contributed by atoms with Gasteiger partial charge in [0.05, 0.1) is 0 Å². The Morgan fingerprint density at radius 1 is 1.50 bits per heavy atom. The van der Waals surface area contributed by atoms with Crippen molar-refractivity contribution in [2.24, 2.45) is 5.90 Å². The second kappa shape index (κ2) is 3.65. The molecule has 0 heterocycles. The summed E-state index contributed by atoms with van der Waals surface area (Å²) in [4.78, 5) is 4.53. The van der Waals surface area contributed by atoms with Gasteiger partial charge in [-0.3, -0.25) is 4.84 Å². The van der Waals surface area contributed by atoms with Crippen LogP contribution in [0.4, 0.5) is 4.39 Å². The minimum absolute atomic E-state index is 0.279. The molecule has 3 heteroatoms. The van der Waals surface area contributed by atoms with Crippen molar-refractivity contribution in [1.82, 2.24) is 0 Å². The quantitative estimate of drug-likeness (QED) is 0.688. The standard InChI is InChI=1S/C9H12FNO/c1-6-3-4-9(10)8(5-6)7(2)12-11/h3-5,7H,11H2,1-2H3. The fourth-order valence-electron chi connectivity index (χ4n) is 1.05. The van der Waals surface area contributed by atoms with E-state index >= 15 is 0 Å². The molecule has 0 saturated carbocycles. The Morgan fingerprint density at radius 3 is 2.75 bits per heavy atom. The van der Waals surface area contributed by atoms with Crippen molar-refractivity contribution in [3.63, 3.8) is 0 Å². The molecular formula is C9H12FNO. The van der Waals surface area contributed by atoms with Crippen LogP contribution in [0.1, 0.15) is 24.2 Å². The maximum Gasteiger partial charge on any atom is 0.129 e. The van der Waals surface area contributed by atoms with Gasteiger partial charge in [0.1, 0.15) is 11.9 Å². The average Bonchev–Trinajstić information content (AvgIpc) is 2.08. The zero-order chi connectivity index (χ0) is 9.14. The van der Waals surface area contributed by atoms with E-state index < -0.39 is 6.10 Å². The predicted octanol–water partition coefficient (Wildman–Crippen LogP) is 2.09. The van der Waals surface area contributed by atoms with Gasteiger partial charge in [-0.15, -0.1) is 0 Å². The third-order valence-corrected chi connectivity index (χ3v) is 1.79. The lowest BCUT2D eigenvalue weighted by Crippen LogP contribution is -2.07. The lowest BCUT2D eigenvalue weighted by Gasteiger charge is -2.10. The van der Waals surface area contributed by atoms with E-state index in [2.05, 4.69) is 4.84 Å². The minimum atomic E-state index is -0.398. The maximum absolute atomic E-state index is 13.1. The summed E-state index contributed by atoms with van der Waals surface area (Å²) in [5.74, 6) is 4.68. The topological polar surface area (TPSA) is 35.2 Å². The van der Waals surface area contributed by atoms with Gasteiger partial charge in [0.2, 0.25) is 0 Å². The normalized spacial score (nSPS) is 13.0. The maximum atomic E-state index is 13.1. The van der Waals surface area contributed by atoms with Crippen molar-refractivity contribution in [2.45, 2.75) is 20.0 Å². The van der Waals surface area contributed by atoms with Crippen LogP contribution in [0.3, 0.4) is 0 Å². The molecule has 1 rings (SSSR count). The van der Waals surface area contributed by atoms with E-state index in [0.717, 1.165) is 5.56 Å². The van der Waals surface area contributed by atoms with E-state index in [1.54, 1.807) is 19.1 Å². The van der Waals surface area contributed by atoms with E-state index in [0.29, 0.717) is 5.56 Å². The van der Waals surface area contributed by atoms with Crippen molar-refractivity contribution in [1.29, 1.82) is 0 Å². The first kappa shape index (κ1) is 9.16. The summed E-state index contributed by atoms with van der Waals surface area (Å²) < 4.78 is 13.1. The summed E-state index contributed by atoms with van der Waals surface area (Å²) in [6.45, 7) is 3.60. The lowest BCUT2D eigenvalue weighted by molar-refractivity contribution is 0.0638. The second-order valence-electron chi connectivity index (χ2n) is 2.80. The number of hydrogen-bond acceptors (Lipinski definition) is 2. The second-order valence-corrected chi connectivity index (χ2v) is 2.80. The average molecular weight is 169 g/mol. The Bertz CT molecular complexity index is 275. The Morgan fingerprint density at radius 2 is 2.17 bits per heavy atom. The van der Waals surface area contributed by atoms with Crippen molar-refractivity contribution >= 4 is 0 Å². The zero-order valence-corrected chi connectivity index (χ0v) is 7.17. The first-order valence-electron chi connectivity index (χ1n) is 3.76. The third kappa shape index (κ3) is 1.81. The minimum Gasteiger partial charge on any atom is -0.297 e. The molecule has 0 fully saturated rings. The van der Waals surface area contributed by atoms with Crippen LogP contribution < -0.4 is 5.90 Å². The van der Waals surface area contributed by atoms with Crippen molar-refractivity contribution < 1.29 is 9.23 Å². The van der Waals surface area contributed by atoms with E-state index in [1.165, 1.54) is 6.07 Å². The Kier molecular flexibility index (Phi) is 2.78. The smallest absolute Gasteiger partial charge is 0.129 e. The highest BCUT2D eigenvalue weighted by atomic mass is 19.1. The van der Waals surface area contributed by atoms with Crippen LogP contribution in [0.2, 0.25) is 0 Å². The first-order valence-corrected chi connectivity index (χ1v) is 3.76. The van der Waals surface area contributed by atoms with E-state index in [4.69, 9.17) is 5.90 Å². The first-order chi connectivity index (χ1) is 5.65. The third-order valence-electron chi connectivity index (χ3n) is 1.79. The molecule has 0 amide bonds. The van der Waals surface area contributed by atoms with E-state index in [-0.39, 0.29) is 5.82 Å². The van der Waals surface area contributed by atoms with Gasteiger partial charge in [-0.25, -0.2) is 10.3 Å². The summed E-state index contributed by atoms with van der Waals surface area (Å²) in [5.41, 5.74) is 1.49. The van der Waals surface area contributed by atoms with Crippen molar-refractivity contribution in [3.8, 4) is 0 Å². The highest BCUT2D eigenvalue weighted by Gasteiger charge is 2.09. The molecule has 0 bridgehead atoms. The molecule has 1 aromatic rings. The van der Waals surface area contributed by atoms with Crippen LogP contribution >= 0.6 is 0 Å². The monoisotopic (exact) mass is 169 g/mol. The van der Waals surface area contributed by atoms with Crippen LogP contribution in [0, 0.1) is 12.7 Å². The van der Waals surface area contributed by atoms with Gasteiger partial charge in [-0.1, -0.05) is 17.7 Å². The van der Waals surface area contributed by atoms with E-state index in [9.17, 15) is 4.39 Å². The van der Waals surface area contributed by atoms with Gasteiger partial charge in [-0.2, -0.15) is 0 Å². The molecule has 66 valence electrons. The fourth-order valence-corrected chi connectivity index (χ4v) is 1.05. The lowest BCUT2D eigenvalue weighted by atomic mass is 10.1. The zero-order valence-electron chi connectivity index (χ0n) is 7.17. The van der Waals surface area contributed by atoms with Crippen LogP contribution in [0.15, 0.2) is 18.2 Å². The number of aryl methyl sites for hydroxylation is 1. The number of benzene rings is 1. The highest BCUT2D eigenvalue weighted by Crippen LogP contribution is 2.19. The largest absolute Gasteiger partial charge is 0.297 e. The van der Waals surface area contributed by atoms with Gasteiger partial charge < -0.3 is 0 Å². The van der Waals surface area contributed by atoms with Crippen LogP contribution in [0.5, 0.6) is 0 Å². The molecule has 1 aromatic carbocycles. The number of nitrogens with two attached hydrogens (primary N) is 1. The Balaban J connectivity index is 3.04. The SMILES string of the molecule is Cc1ccc(F)c(C(C)ON)c1. The molecule has 0 aliphatic heterocycles. The predicted molar refractivity (Wildman–Crippen MR) is 44.8 cm³/mol. The molecule has 0 aliphatic carbocycles. The van der Waals surface area contributed by atoms with Gasteiger partial charge in [-0.05, 0) is 19.9 Å². The van der Waals surface area contributed by atoms with E-state index in [1.807, 2.05) is 6.92 Å². The molecule has 1 unspecified atom stereocenters. The van der Waals surface area contributed by atoms with Crippen LogP contribution in [-0.2, 0) is 4.84 Å². The van der Waals surface area contributed by atoms with Crippen LogP contribution in [-0.4, -0.2) is 0 Å². The number of hydrogen-bond donors (Lipinski definition) is 1. The Labute approximate surface area is 71.1 Å². The Hall–Kier alpha value is -0.930. The summed E-state index contributed by atoms with van der Waals surface area (Å²) >= 11 is 0. The summed E-state index contributed by atoms with van der Waals surface area (Å²) in [6.07, 6.45) is -0.398. The molecule has 2 N–H and O–H groups in total. The summed E-state index contributed by atoms with van der Waals surface area (Å²) in [6, 6.07) is 4.86. The van der Waals surface area contributed by atoms with Gasteiger partial charge in [0, 0.05) is 5.56 Å². The van der Waals surface area contributed by atoms with Gasteiger partial charge >= 0.3 is 0 Å². The van der Waals surface area contributed by atoms with Crippen molar-refractivity contribution in [3.05, 3.63) is 35.1 Å². The molecule has 2 nitrogen and oxygen atoms in total. The number of halogens is 1. The summed E-state index contributed by atoms with van der Waals surface area (Å²) in [7, 11) is 0. The summed E-state index contributed by atoms with van der Waals surface area (Å²) in [5, 5.41) is 0. The molecule has 0 spiro atoms. The number of rotatable bonds is 2. The van der Waals surface area contributed by atoms with Crippen LogP contribution in [0.25, 0.3) is 0 Å². The molecular weight excluding hydrogens is 157 g/mol. The fraction of sp³-hybridized carbons (Fsp3) is 0.333.